The number of aromatic nitrogens is 1. The maximum absolute atomic E-state index is 13.0. The summed E-state index contributed by atoms with van der Waals surface area (Å²) in [5, 5.41) is 2.71. The summed E-state index contributed by atoms with van der Waals surface area (Å²) in [6, 6.07) is 7.19. The lowest BCUT2D eigenvalue weighted by Gasteiger charge is -2.34. The van der Waals surface area contributed by atoms with Crippen molar-refractivity contribution in [2.45, 2.75) is 18.7 Å². The van der Waals surface area contributed by atoms with E-state index in [0.29, 0.717) is 42.5 Å². The first-order valence-corrected chi connectivity index (χ1v) is 10.7. The van der Waals surface area contributed by atoms with Crippen LogP contribution in [0.15, 0.2) is 35.4 Å². The van der Waals surface area contributed by atoms with Crippen molar-refractivity contribution < 1.29 is 13.2 Å². The van der Waals surface area contributed by atoms with E-state index in [9.17, 15) is 13.2 Å². The van der Waals surface area contributed by atoms with Gasteiger partial charge < -0.3 is 10.2 Å². The van der Waals surface area contributed by atoms with Crippen molar-refractivity contribution in [3.05, 3.63) is 40.2 Å². The largest absolute Gasteiger partial charge is 0.354 e. The fourth-order valence-corrected chi connectivity index (χ4v) is 5.82. The summed E-state index contributed by atoms with van der Waals surface area (Å²) in [5.74, 6) is 0.622. The molecule has 0 aromatic carbocycles. The second-order valence-corrected chi connectivity index (χ2v) is 9.13. The van der Waals surface area contributed by atoms with E-state index in [1.165, 1.54) is 21.7 Å². The maximum Gasteiger partial charge on any atom is 0.261 e. The number of nitrogens with zero attached hydrogens (tertiary/aromatic N) is 3. The zero-order valence-electron chi connectivity index (χ0n) is 14.8. The highest BCUT2D eigenvalue weighted by atomic mass is 32.2. The van der Waals surface area contributed by atoms with Gasteiger partial charge in [0.05, 0.1) is 9.77 Å². The van der Waals surface area contributed by atoms with E-state index in [2.05, 4.69) is 15.2 Å². The normalized spacial score (nSPS) is 15.8. The van der Waals surface area contributed by atoms with Gasteiger partial charge in [0.25, 0.3) is 5.91 Å². The Labute approximate surface area is 157 Å². The summed E-state index contributed by atoms with van der Waals surface area (Å²) in [6.45, 7) is 6.04. The van der Waals surface area contributed by atoms with Gasteiger partial charge in [0.15, 0.2) is 0 Å². The average molecular weight is 395 g/mol. The lowest BCUT2D eigenvalue weighted by atomic mass is 10.3. The van der Waals surface area contributed by atoms with Gasteiger partial charge in [-0.15, -0.1) is 11.3 Å². The number of rotatable bonds is 5. The molecule has 1 fully saturated rings. The highest BCUT2D eigenvalue weighted by Crippen LogP contribution is 2.29. The van der Waals surface area contributed by atoms with Crippen LogP contribution in [0.1, 0.15) is 21.5 Å². The van der Waals surface area contributed by atoms with Crippen LogP contribution in [0.3, 0.4) is 0 Å². The van der Waals surface area contributed by atoms with E-state index in [0.717, 1.165) is 5.82 Å². The topological polar surface area (TPSA) is 82.6 Å². The molecule has 26 heavy (non-hydrogen) atoms. The first-order valence-electron chi connectivity index (χ1n) is 8.48. The molecular weight excluding hydrogens is 372 g/mol. The minimum absolute atomic E-state index is 0.232. The minimum Gasteiger partial charge on any atom is -0.354 e. The standard InChI is InChI=1S/C17H22N4O3S2/c1-3-18-17(22)14-12-15(13(2)25-14)26(23,24)21-10-8-20(9-11-21)16-6-4-5-7-19-16/h4-7,12H,3,8-11H2,1-2H3,(H,18,22). The number of nitrogens with one attached hydrogen (secondary N) is 1. The molecule has 7 nitrogen and oxygen atoms in total. The third kappa shape index (κ3) is 3.74. The summed E-state index contributed by atoms with van der Waals surface area (Å²) in [5.41, 5.74) is 0. The fraction of sp³-hybridized carbons (Fsp3) is 0.412. The van der Waals surface area contributed by atoms with E-state index in [1.807, 2.05) is 25.1 Å². The molecular formula is C17H22N4O3S2. The third-order valence-electron chi connectivity index (χ3n) is 4.26. The van der Waals surface area contributed by atoms with E-state index >= 15 is 0 Å². The number of aryl methyl sites for hydroxylation is 1. The molecule has 0 radical (unpaired) electrons. The van der Waals surface area contributed by atoms with Crippen LogP contribution < -0.4 is 10.2 Å². The molecule has 1 aliphatic rings. The van der Waals surface area contributed by atoms with Crippen LogP contribution in [0.5, 0.6) is 0 Å². The Morgan fingerprint density at radius 1 is 1.27 bits per heavy atom. The fourth-order valence-electron chi connectivity index (χ4n) is 2.92. The Morgan fingerprint density at radius 2 is 2.00 bits per heavy atom. The van der Waals surface area contributed by atoms with Crippen LogP contribution in [0.4, 0.5) is 5.82 Å². The number of carbonyl (C=O) groups is 1. The molecule has 2 aromatic heterocycles. The summed E-state index contributed by atoms with van der Waals surface area (Å²) in [4.78, 5) is 19.7. The summed E-state index contributed by atoms with van der Waals surface area (Å²) < 4.78 is 27.5. The highest BCUT2D eigenvalue weighted by Gasteiger charge is 2.31. The van der Waals surface area contributed by atoms with Crippen molar-refractivity contribution in [1.29, 1.82) is 0 Å². The summed E-state index contributed by atoms with van der Waals surface area (Å²) in [7, 11) is -3.61. The van der Waals surface area contributed by atoms with Gasteiger partial charge in [-0.2, -0.15) is 4.31 Å². The van der Waals surface area contributed by atoms with Crippen LogP contribution in [-0.2, 0) is 10.0 Å². The first kappa shape index (κ1) is 18.8. The van der Waals surface area contributed by atoms with Gasteiger partial charge in [-0.3, -0.25) is 4.79 Å². The Kier molecular flexibility index (Phi) is 5.59. The second-order valence-electron chi connectivity index (χ2n) is 5.97. The zero-order chi connectivity index (χ0) is 18.7. The molecule has 2 aromatic rings. The SMILES string of the molecule is CCNC(=O)c1cc(S(=O)(=O)N2CCN(c3ccccn3)CC2)c(C)s1. The van der Waals surface area contributed by atoms with Crippen LogP contribution >= 0.6 is 11.3 Å². The van der Waals surface area contributed by atoms with Crippen molar-refractivity contribution in [3.63, 3.8) is 0 Å². The van der Waals surface area contributed by atoms with Gasteiger partial charge in [-0.25, -0.2) is 13.4 Å². The molecule has 0 spiro atoms. The Bertz CT molecular complexity index is 873. The molecule has 0 atom stereocenters. The number of hydrogen-bond acceptors (Lipinski definition) is 6. The third-order valence-corrected chi connectivity index (χ3v) is 7.47. The molecule has 0 saturated carbocycles. The molecule has 9 heteroatoms. The molecule has 0 bridgehead atoms. The van der Waals surface area contributed by atoms with Gasteiger partial charge in [0, 0.05) is 43.8 Å². The molecule has 1 saturated heterocycles. The van der Waals surface area contributed by atoms with E-state index in [-0.39, 0.29) is 10.8 Å². The number of anilines is 1. The number of pyridine rings is 1. The number of amides is 1. The second kappa shape index (κ2) is 7.73. The number of thiophene rings is 1. The minimum atomic E-state index is -3.61. The lowest BCUT2D eigenvalue weighted by Crippen LogP contribution is -2.48. The number of hydrogen-bond donors (Lipinski definition) is 1. The predicted molar refractivity (Wildman–Crippen MR) is 102 cm³/mol. The summed E-state index contributed by atoms with van der Waals surface area (Å²) in [6.07, 6.45) is 1.73. The van der Waals surface area contributed by atoms with Crippen molar-refractivity contribution in [2.75, 3.05) is 37.6 Å². The van der Waals surface area contributed by atoms with Crippen LogP contribution in [0.25, 0.3) is 0 Å². The molecule has 3 rings (SSSR count). The number of sulfonamides is 1. The molecule has 3 heterocycles. The average Bonchev–Trinajstić information content (AvgIpc) is 3.05. The Balaban J connectivity index is 1.74. The molecule has 1 aliphatic heterocycles. The van der Waals surface area contributed by atoms with Crippen LogP contribution in [-0.4, -0.2) is 56.3 Å². The van der Waals surface area contributed by atoms with Crippen LogP contribution in [0.2, 0.25) is 0 Å². The number of piperazine rings is 1. The Hall–Kier alpha value is -1.97. The van der Waals surface area contributed by atoms with Gasteiger partial charge >= 0.3 is 0 Å². The number of carbonyl (C=O) groups excluding carboxylic acids is 1. The smallest absolute Gasteiger partial charge is 0.261 e. The van der Waals surface area contributed by atoms with Gasteiger partial charge in [-0.1, -0.05) is 6.07 Å². The van der Waals surface area contributed by atoms with Gasteiger partial charge in [0.1, 0.15) is 5.82 Å². The van der Waals surface area contributed by atoms with Gasteiger partial charge in [-0.05, 0) is 32.0 Å². The predicted octanol–water partition coefficient (Wildman–Crippen LogP) is 1.71. The molecule has 1 amide bonds. The Morgan fingerprint density at radius 3 is 2.62 bits per heavy atom. The van der Waals surface area contributed by atoms with Crippen molar-refractivity contribution in [2.24, 2.45) is 0 Å². The van der Waals surface area contributed by atoms with Crippen LogP contribution in [0, 0.1) is 6.92 Å². The van der Waals surface area contributed by atoms with E-state index in [4.69, 9.17) is 0 Å². The molecule has 0 aliphatic carbocycles. The van der Waals surface area contributed by atoms with Crippen molar-refractivity contribution in [3.8, 4) is 0 Å². The first-order chi connectivity index (χ1) is 12.4. The molecule has 0 unspecified atom stereocenters. The highest BCUT2D eigenvalue weighted by molar-refractivity contribution is 7.89. The monoisotopic (exact) mass is 394 g/mol. The van der Waals surface area contributed by atoms with Crippen molar-refractivity contribution >= 4 is 33.1 Å². The zero-order valence-corrected chi connectivity index (χ0v) is 16.4. The molecule has 140 valence electrons. The van der Waals surface area contributed by atoms with E-state index in [1.54, 1.807) is 13.1 Å². The lowest BCUT2D eigenvalue weighted by molar-refractivity contribution is 0.0959. The van der Waals surface area contributed by atoms with Crippen molar-refractivity contribution in [1.82, 2.24) is 14.6 Å². The quantitative estimate of drug-likeness (QED) is 0.835. The van der Waals surface area contributed by atoms with Gasteiger partial charge in [0.2, 0.25) is 10.0 Å². The summed E-state index contributed by atoms with van der Waals surface area (Å²) >= 11 is 1.21. The molecule has 1 N–H and O–H groups in total. The van der Waals surface area contributed by atoms with E-state index < -0.39 is 10.0 Å². The maximum atomic E-state index is 13.0.